The van der Waals surface area contributed by atoms with Crippen molar-refractivity contribution >= 4 is 0 Å². The Kier molecular flexibility index (Phi) is 1.85. The average molecular weight is 191 g/mol. The fourth-order valence-electron chi connectivity index (χ4n) is 1.12. The first-order chi connectivity index (χ1) is 6.66. The van der Waals surface area contributed by atoms with Crippen LogP contribution in [0, 0.1) is 6.92 Å². The molecule has 0 amide bonds. The fraction of sp³-hybridized carbons (Fsp3) is 0.111. The third kappa shape index (κ3) is 1.39. The Morgan fingerprint density at radius 2 is 2.00 bits per heavy atom. The first-order valence-electron chi connectivity index (χ1n) is 4.07. The number of hydrogen-bond donors (Lipinski definition) is 2. The smallest absolute Gasteiger partial charge is 0.159 e. The predicted molar refractivity (Wildman–Crippen MR) is 49.4 cm³/mol. The lowest BCUT2D eigenvalue weighted by atomic mass is 10.3. The van der Waals surface area contributed by atoms with Crippen molar-refractivity contribution in [3.05, 3.63) is 30.4 Å². The molecule has 14 heavy (non-hydrogen) atoms. The molecule has 1 aromatic heterocycles. The van der Waals surface area contributed by atoms with Crippen LogP contribution in [0.4, 0.5) is 0 Å². The summed E-state index contributed by atoms with van der Waals surface area (Å²) < 4.78 is 1.52. The Balaban J connectivity index is 2.47. The van der Waals surface area contributed by atoms with E-state index in [9.17, 15) is 5.11 Å². The summed E-state index contributed by atoms with van der Waals surface area (Å²) in [6.07, 6.45) is 1.54. The lowest BCUT2D eigenvalue weighted by Gasteiger charge is -2.01. The van der Waals surface area contributed by atoms with Crippen molar-refractivity contribution in [1.82, 2.24) is 14.8 Å². The van der Waals surface area contributed by atoms with E-state index in [0.717, 1.165) is 0 Å². The van der Waals surface area contributed by atoms with E-state index >= 15 is 0 Å². The van der Waals surface area contributed by atoms with Gasteiger partial charge in [-0.05, 0) is 19.1 Å². The van der Waals surface area contributed by atoms with E-state index in [4.69, 9.17) is 5.11 Å². The number of nitrogens with zero attached hydrogens (tertiary/aromatic N) is 3. The molecule has 0 radical (unpaired) electrons. The summed E-state index contributed by atoms with van der Waals surface area (Å²) in [5.41, 5.74) is 0.654. The number of aromatic nitrogens is 3. The number of benzene rings is 1. The van der Waals surface area contributed by atoms with Crippen LogP contribution in [0.15, 0.2) is 24.5 Å². The third-order valence-corrected chi connectivity index (χ3v) is 1.83. The van der Waals surface area contributed by atoms with Gasteiger partial charge < -0.3 is 10.2 Å². The maximum atomic E-state index is 9.26. The molecule has 2 aromatic rings. The zero-order valence-corrected chi connectivity index (χ0v) is 7.55. The Hall–Kier alpha value is -2.04. The maximum Gasteiger partial charge on any atom is 0.159 e. The van der Waals surface area contributed by atoms with E-state index in [1.165, 1.54) is 16.8 Å². The molecule has 0 unspecified atom stereocenters. The largest absolute Gasteiger partial charge is 0.504 e. The Labute approximate surface area is 80.3 Å². The van der Waals surface area contributed by atoms with Gasteiger partial charge in [-0.1, -0.05) is 0 Å². The van der Waals surface area contributed by atoms with E-state index in [0.29, 0.717) is 11.5 Å². The van der Waals surface area contributed by atoms with Crippen LogP contribution in [0.2, 0.25) is 0 Å². The summed E-state index contributed by atoms with van der Waals surface area (Å²) in [7, 11) is 0. The van der Waals surface area contributed by atoms with Crippen LogP contribution in [0.1, 0.15) is 5.82 Å². The molecule has 0 bridgehead atoms. The summed E-state index contributed by atoms with van der Waals surface area (Å²) in [6, 6.07) is 4.47. The van der Waals surface area contributed by atoms with Crippen LogP contribution < -0.4 is 0 Å². The molecule has 0 saturated heterocycles. The summed E-state index contributed by atoms with van der Waals surface area (Å²) in [5, 5.41) is 22.4. The van der Waals surface area contributed by atoms with Gasteiger partial charge in [0.2, 0.25) is 0 Å². The van der Waals surface area contributed by atoms with Gasteiger partial charge in [0, 0.05) is 6.07 Å². The Morgan fingerprint density at radius 3 is 2.57 bits per heavy atom. The zero-order valence-electron chi connectivity index (χ0n) is 7.55. The van der Waals surface area contributed by atoms with Gasteiger partial charge in [0.25, 0.3) is 0 Å². The Bertz CT molecular complexity index is 465. The molecular formula is C9H9N3O2. The topological polar surface area (TPSA) is 71.2 Å². The molecule has 0 aliphatic rings. The van der Waals surface area contributed by atoms with Crippen molar-refractivity contribution in [2.45, 2.75) is 6.92 Å². The average Bonchev–Trinajstić information content (AvgIpc) is 2.57. The molecule has 0 saturated carbocycles. The third-order valence-electron chi connectivity index (χ3n) is 1.83. The SMILES string of the molecule is Cc1ncn(-c2ccc(O)c(O)c2)n1. The number of aryl methyl sites for hydroxylation is 1. The van der Waals surface area contributed by atoms with Crippen LogP contribution in [-0.4, -0.2) is 25.0 Å². The van der Waals surface area contributed by atoms with Gasteiger partial charge in [-0.3, -0.25) is 0 Å². The molecule has 5 nitrogen and oxygen atoms in total. The monoisotopic (exact) mass is 191 g/mol. The standard InChI is InChI=1S/C9H9N3O2/c1-6-10-5-12(11-6)7-2-3-8(13)9(14)4-7/h2-5,13-14H,1H3. The second kappa shape index (κ2) is 3.02. The highest BCUT2D eigenvalue weighted by molar-refractivity contribution is 5.46. The lowest BCUT2D eigenvalue weighted by Crippen LogP contribution is -1.94. The van der Waals surface area contributed by atoms with E-state index in [1.54, 1.807) is 19.3 Å². The molecule has 0 atom stereocenters. The minimum atomic E-state index is -0.171. The minimum Gasteiger partial charge on any atom is -0.504 e. The van der Waals surface area contributed by atoms with Crippen molar-refractivity contribution in [1.29, 1.82) is 0 Å². The highest BCUT2D eigenvalue weighted by Gasteiger charge is 2.03. The second-order valence-corrected chi connectivity index (χ2v) is 2.91. The number of aromatic hydroxyl groups is 2. The predicted octanol–water partition coefficient (Wildman–Crippen LogP) is 0.987. The van der Waals surface area contributed by atoms with Crippen LogP contribution in [0.25, 0.3) is 5.69 Å². The van der Waals surface area contributed by atoms with Gasteiger partial charge in [-0.15, -0.1) is 0 Å². The van der Waals surface area contributed by atoms with Crippen LogP contribution in [-0.2, 0) is 0 Å². The van der Waals surface area contributed by atoms with E-state index in [1.807, 2.05) is 0 Å². The van der Waals surface area contributed by atoms with Gasteiger partial charge in [0.1, 0.15) is 12.2 Å². The first kappa shape index (κ1) is 8.55. The van der Waals surface area contributed by atoms with Crippen LogP contribution in [0.5, 0.6) is 11.5 Å². The molecule has 72 valence electrons. The van der Waals surface area contributed by atoms with Gasteiger partial charge in [-0.2, -0.15) is 5.10 Å². The molecule has 1 heterocycles. The molecule has 5 heteroatoms. The number of hydrogen-bond acceptors (Lipinski definition) is 4. The molecule has 2 N–H and O–H groups in total. The lowest BCUT2D eigenvalue weighted by molar-refractivity contribution is 0.403. The van der Waals surface area contributed by atoms with Gasteiger partial charge in [-0.25, -0.2) is 9.67 Å². The quantitative estimate of drug-likeness (QED) is 0.659. The van der Waals surface area contributed by atoms with Crippen molar-refractivity contribution < 1.29 is 10.2 Å². The molecule has 2 rings (SSSR count). The van der Waals surface area contributed by atoms with Gasteiger partial charge >= 0.3 is 0 Å². The van der Waals surface area contributed by atoms with Gasteiger partial charge in [0.05, 0.1) is 5.69 Å². The summed E-state index contributed by atoms with van der Waals surface area (Å²) >= 11 is 0. The molecule has 1 aromatic carbocycles. The number of rotatable bonds is 1. The van der Waals surface area contributed by atoms with Crippen LogP contribution in [0.3, 0.4) is 0 Å². The summed E-state index contributed by atoms with van der Waals surface area (Å²) in [4.78, 5) is 3.95. The first-order valence-corrected chi connectivity index (χ1v) is 4.07. The normalized spacial score (nSPS) is 10.4. The molecule has 0 aliphatic heterocycles. The van der Waals surface area contributed by atoms with E-state index in [2.05, 4.69) is 10.1 Å². The zero-order chi connectivity index (χ0) is 10.1. The fourth-order valence-corrected chi connectivity index (χ4v) is 1.12. The maximum absolute atomic E-state index is 9.26. The van der Waals surface area contributed by atoms with Crippen molar-refractivity contribution in [2.24, 2.45) is 0 Å². The highest BCUT2D eigenvalue weighted by Crippen LogP contribution is 2.26. The van der Waals surface area contributed by atoms with E-state index < -0.39 is 0 Å². The highest BCUT2D eigenvalue weighted by atomic mass is 16.3. The second-order valence-electron chi connectivity index (χ2n) is 2.91. The molecular weight excluding hydrogens is 182 g/mol. The number of phenols is 2. The van der Waals surface area contributed by atoms with E-state index in [-0.39, 0.29) is 11.5 Å². The van der Waals surface area contributed by atoms with Crippen molar-refractivity contribution in [3.8, 4) is 17.2 Å². The van der Waals surface area contributed by atoms with Gasteiger partial charge in [0.15, 0.2) is 11.5 Å². The summed E-state index contributed by atoms with van der Waals surface area (Å²) in [5.74, 6) is 0.332. The van der Waals surface area contributed by atoms with Crippen molar-refractivity contribution in [3.63, 3.8) is 0 Å². The Morgan fingerprint density at radius 1 is 1.21 bits per heavy atom. The van der Waals surface area contributed by atoms with Crippen LogP contribution >= 0.6 is 0 Å². The summed E-state index contributed by atoms with van der Waals surface area (Å²) in [6.45, 7) is 1.77. The van der Waals surface area contributed by atoms with Crippen molar-refractivity contribution in [2.75, 3.05) is 0 Å². The molecule has 0 spiro atoms. The minimum absolute atomic E-state index is 0.148. The number of phenolic OH excluding ortho intramolecular Hbond substituents is 2. The molecule has 0 fully saturated rings. The molecule has 0 aliphatic carbocycles.